The Hall–Kier alpha value is -3.12. The Morgan fingerprint density at radius 3 is 2.44 bits per heavy atom. The summed E-state index contributed by atoms with van der Waals surface area (Å²) in [5, 5.41) is 7.03. The van der Waals surface area contributed by atoms with Crippen LogP contribution in [0.2, 0.25) is 0 Å². The van der Waals surface area contributed by atoms with Crippen molar-refractivity contribution in [1.82, 2.24) is 9.97 Å². The van der Waals surface area contributed by atoms with E-state index in [1.807, 2.05) is 55.5 Å². The van der Waals surface area contributed by atoms with Crippen LogP contribution in [0.25, 0.3) is 22.1 Å². The molecule has 0 bridgehead atoms. The summed E-state index contributed by atoms with van der Waals surface area (Å²) < 4.78 is 5.99. The van der Waals surface area contributed by atoms with Crippen LogP contribution in [-0.2, 0) is 11.2 Å². The summed E-state index contributed by atoms with van der Waals surface area (Å²) in [7, 11) is 0. The van der Waals surface area contributed by atoms with Crippen molar-refractivity contribution >= 4 is 57.6 Å². The van der Waals surface area contributed by atoms with Crippen LogP contribution in [0.3, 0.4) is 0 Å². The first-order valence-corrected chi connectivity index (χ1v) is 8.47. The topological polar surface area (TPSA) is 80.0 Å². The number of nitrogens with zero attached hydrogens (tertiary/aromatic N) is 2. The highest BCUT2D eigenvalue weighted by molar-refractivity contribution is 6.06. The van der Waals surface area contributed by atoms with Crippen LogP contribution in [0.4, 0.5) is 17.2 Å². The fourth-order valence-corrected chi connectivity index (χ4v) is 2.86. The number of anilines is 3. The van der Waals surface area contributed by atoms with Crippen molar-refractivity contribution in [2.24, 2.45) is 0 Å². The zero-order chi connectivity index (χ0) is 18.1. The van der Waals surface area contributed by atoms with Crippen LogP contribution in [-0.4, -0.2) is 15.9 Å². The molecule has 0 aliphatic heterocycles. The lowest BCUT2D eigenvalue weighted by Gasteiger charge is -2.08. The highest BCUT2D eigenvalue weighted by Crippen LogP contribution is 2.32. The average molecular weight is 383 g/mol. The third-order valence-corrected chi connectivity index (χ3v) is 4.05. The fourth-order valence-electron chi connectivity index (χ4n) is 2.86. The van der Waals surface area contributed by atoms with Crippen molar-refractivity contribution in [3.8, 4) is 0 Å². The average Bonchev–Trinajstić information content (AvgIpc) is 3.02. The van der Waals surface area contributed by atoms with Crippen molar-refractivity contribution in [1.29, 1.82) is 0 Å². The summed E-state index contributed by atoms with van der Waals surface area (Å²) in [6.07, 6.45) is 0.728. The normalized spacial score (nSPS) is 10.6. The molecule has 2 N–H and O–H groups in total. The van der Waals surface area contributed by atoms with Gasteiger partial charge < -0.3 is 15.1 Å². The Kier molecular flexibility index (Phi) is 5.28. The van der Waals surface area contributed by atoms with E-state index in [1.165, 1.54) is 6.92 Å². The molecule has 6 nitrogen and oxygen atoms in total. The first-order chi connectivity index (χ1) is 12.6. The van der Waals surface area contributed by atoms with Gasteiger partial charge in [-0.25, -0.2) is 9.97 Å². The molecule has 2 heterocycles. The zero-order valence-electron chi connectivity index (χ0n) is 14.9. The van der Waals surface area contributed by atoms with Crippen LogP contribution in [0.1, 0.15) is 19.7 Å². The molecule has 0 saturated carbocycles. The fraction of sp³-hybridized carbons (Fsp3) is 0.150. The lowest BCUT2D eigenvalue weighted by Crippen LogP contribution is -2.05. The molecule has 4 rings (SSSR count). The number of rotatable bonds is 4. The van der Waals surface area contributed by atoms with Crippen LogP contribution in [0.5, 0.6) is 0 Å². The van der Waals surface area contributed by atoms with E-state index in [9.17, 15) is 4.79 Å². The summed E-state index contributed by atoms with van der Waals surface area (Å²) in [6.45, 7) is 3.51. The van der Waals surface area contributed by atoms with E-state index in [1.54, 1.807) is 0 Å². The number of halogens is 1. The molecule has 0 aliphatic rings. The van der Waals surface area contributed by atoms with Crippen LogP contribution in [0, 0.1) is 0 Å². The number of fused-ring (bicyclic) bond motifs is 3. The SMILES string of the molecule is CCc1nc(Nc2ccc(NC(C)=O)cc2)c2oc3ccccc3c2n1.Cl. The molecule has 0 aliphatic carbocycles. The number of hydrogen-bond acceptors (Lipinski definition) is 5. The van der Waals surface area contributed by atoms with Crippen molar-refractivity contribution in [2.45, 2.75) is 20.3 Å². The smallest absolute Gasteiger partial charge is 0.221 e. The van der Waals surface area contributed by atoms with Gasteiger partial charge in [-0.15, -0.1) is 12.4 Å². The minimum Gasteiger partial charge on any atom is -0.450 e. The molecule has 0 unspecified atom stereocenters. The Morgan fingerprint density at radius 2 is 1.74 bits per heavy atom. The standard InChI is InChI=1S/C20H18N4O2.ClH/c1-3-17-23-18-15-6-4-5-7-16(15)26-19(18)20(24-17)22-14-10-8-13(9-11-14)21-12(2)25;/h4-11H,3H2,1-2H3,(H,21,25)(H,22,23,24);1H. The third kappa shape index (κ3) is 3.71. The van der Waals surface area contributed by atoms with E-state index >= 15 is 0 Å². The Labute approximate surface area is 162 Å². The van der Waals surface area contributed by atoms with Crippen molar-refractivity contribution in [3.63, 3.8) is 0 Å². The van der Waals surface area contributed by atoms with Gasteiger partial charge in [0.25, 0.3) is 0 Å². The molecule has 0 spiro atoms. The van der Waals surface area contributed by atoms with Crippen molar-refractivity contribution < 1.29 is 9.21 Å². The van der Waals surface area contributed by atoms with Gasteiger partial charge in [0.05, 0.1) is 0 Å². The van der Waals surface area contributed by atoms with E-state index in [-0.39, 0.29) is 18.3 Å². The largest absolute Gasteiger partial charge is 0.450 e. The monoisotopic (exact) mass is 382 g/mol. The van der Waals surface area contributed by atoms with Crippen LogP contribution >= 0.6 is 12.4 Å². The number of carbonyl (C=O) groups is 1. The molecule has 0 saturated heterocycles. The number of aromatic nitrogens is 2. The second-order valence-corrected chi connectivity index (χ2v) is 6.00. The van der Waals surface area contributed by atoms with E-state index in [0.717, 1.165) is 40.1 Å². The molecule has 27 heavy (non-hydrogen) atoms. The highest BCUT2D eigenvalue weighted by atomic mass is 35.5. The van der Waals surface area contributed by atoms with Gasteiger partial charge in [0.15, 0.2) is 11.4 Å². The van der Waals surface area contributed by atoms with E-state index in [4.69, 9.17) is 4.42 Å². The summed E-state index contributed by atoms with van der Waals surface area (Å²) in [5.41, 5.74) is 3.82. The number of furan rings is 1. The predicted octanol–water partition coefficient (Wildman–Crippen LogP) is 5.06. The summed E-state index contributed by atoms with van der Waals surface area (Å²) in [6, 6.07) is 15.3. The molecular formula is C20H19ClN4O2. The highest BCUT2D eigenvalue weighted by Gasteiger charge is 2.15. The van der Waals surface area contributed by atoms with Gasteiger partial charge in [0, 0.05) is 30.1 Å². The predicted molar refractivity (Wildman–Crippen MR) is 110 cm³/mol. The van der Waals surface area contributed by atoms with E-state index < -0.39 is 0 Å². The van der Waals surface area contributed by atoms with Gasteiger partial charge in [0.2, 0.25) is 5.91 Å². The molecule has 0 atom stereocenters. The number of aryl methyl sites for hydroxylation is 1. The molecule has 7 heteroatoms. The maximum absolute atomic E-state index is 11.1. The molecule has 2 aromatic heterocycles. The minimum absolute atomic E-state index is 0. The molecule has 2 aromatic carbocycles. The third-order valence-electron chi connectivity index (χ3n) is 4.05. The molecular weight excluding hydrogens is 364 g/mol. The number of nitrogens with one attached hydrogen (secondary N) is 2. The Morgan fingerprint density at radius 1 is 1.04 bits per heavy atom. The lowest BCUT2D eigenvalue weighted by atomic mass is 10.2. The van der Waals surface area contributed by atoms with Crippen LogP contribution in [0.15, 0.2) is 52.9 Å². The first-order valence-electron chi connectivity index (χ1n) is 8.47. The number of para-hydroxylation sites is 1. The molecule has 0 fully saturated rings. The Balaban J connectivity index is 0.00000210. The van der Waals surface area contributed by atoms with Crippen LogP contribution < -0.4 is 10.6 Å². The van der Waals surface area contributed by atoms with Gasteiger partial charge in [-0.3, -0.25) is 4.79 Å². The molecule has 138 valence electrons. The second kappa shape index (κ2) is 7.63. The summed E-state index contributed by atoms with van der Waals surface area (Å²) >= 11 is 0. The molecule has 0 radical (unpaired) electrons. The quantitative estimate of drug-likeness (QED) is 0.515. The zero-order valence-corrected chi connectivity index (χ0v) is 15.8. The lowest BCUT2D eigenvalue weighted by molar-refractivity contribution is -0.114. The second-order valence-electron chi connectivity index (χ2n) is 6.00. The van der Waals surface area contributed by atoms with Gasteiger partial charge in [0.1, 0.15) is 16.9 Å². The van der Waals surface area contributed by atoms with Gasteiger partial charge in [-0.1, -0.05) is 19.1 Å². The van der Waals surface area contributed by atoms with Gasteiger partial charge in [-0.2, -0.15) is 0 Å². The van der Waals surface area contributed by atoms with Gasteiger partial charge >= 0.3 is 0 Å². The molecule has 1 amide bonds. The number of amides is 1. The van der Waals surface area contributed by atoms with Gasteiger partial charge in [-0.05, 0) is 36.4 Å². The first kappa shape index (κ1) is 18.7. The van der Waals surface area contributed by atoms with Crippen molar-refractivity contribution in [3.05, 3.63) is 54.4 Å². The van der Waals surface area contributed by atoms with E-state index in [2.05, 4.69) is 20.6 Å². The Bertz CT molecular complexity index is 1110. The number of carbonyl (C=O) groups excluding carboxylic acids is 1. The van der Waals surface area contributed by atoms with E-state index in [0.29, 0.717) is 11.4 Å². The minimum atomic E-state index is -0.0990. The maximum atomic E-state index is 11.1. The number of hydrogen-bond donors (Lipinski definition) is 2. The maximum Gasteiger partial charge on any atom is 0.221 e. The summed E-state index contributed by atoms with van der Waals surface area (Å²) in [5.74, 6) is 1.29. The number of benzene rings is 2. The summed E-state index contributed by atoms with van der Waals surface area (Å²) in [4.78, 5) is 20.4. The molecule has 4 aromatic rings. The van der Waals surface area contributed by atoms with Crippen molar-refractivity contribution in [2.75, 3.05) is 10.6 Å².